The Bertz CT molecular complexity index is 1020. The maximum Gasteiger partial charge on any atom is 0.203 e. The third-order valence-electron chi connectivity index (χ3n) is 5.25. The summed E-state index contributed by atoms with van der Waals surface area (Å²) in [5, 5.41) is 0. The maximum atomic E-state index is 5.42. The van der Waals surface area contributed by atoms with Crippen molar-refractivity contribution >= 4 is 24.3 Å². The Labute approximate surface area is 200 Å². The van der Waals surface area contributed by atoms with Crippen LogP contribution in [-0.4, -0.2) is 42.7 Å². The highest BCUT2D eigenvalue weighted by atomic mass is 16.5. The molecule has 0 unspecified atom stereocenters. The van der Waals surface area contributed by atoms with Gasteiger partial charge in [-0.3, -0.25) is 0 Å². The average molecular weight is 463 g/mol. The Morgan fingerprint density at radius 3 is 0.882 bits per heavy atom. The van der Waals surface area contributed by atoms with E-state index in [4.69, 9.17) is 28.4 Å². The van der Waals surface area contributed by atoms with Gasteiger partial charge in [-0.05, 0) is 46.5 Å². The van der Waals surface area contributed by atoms with Gasteiger partial charge in [0.15, 0.2) is 23.0 Å². The van der Waals surface area contributed by atoms with Crippen LogP contribution in [0, 0.1) is 0 Å². The fourth-order valence-electron chi connectivity index (χ4n) is 3.50. The van der Waals surface area contributed by atoms with Crippen LogP contribution in [0.2, 0.25) is 0 Å². The van der Waals surface area contributed by atoms with Crippen molar-refractivity contribution in [2.24, 2.45) is 0 Å². The predicted molar refractivity (Wildman–Crippen MR) is 136 cm³/mol. The van der Waals surface area contributed by atoms with Crippen LogP contribution < -0.4 is 28.4 Å². The summed E-state index contributed by atoms with van der Waals surface area (Å²) >= 11 is 0. The van der Waals surface area contributed by atoms with E-state index in [1.54, 1.807) is 42.7 Å². The van der Waals surface area contributed by atoms with Crippen LogP contribution in [0.5, 0.6) is 34.5 Å². The molecule has 0 atom stereocenters. The second-order valence-corrected chi connectivity index (χ2v) is 7.25. The van der Waals surface area contributed by atoms with Gasteiger partial charge < -0.3 is 28.4 Å². The molecule has 6 heteroatoms. The van der Waals surface area contributed by atoms with Gasteiger partial charge in [-0.1, -0.05) is 48.6 Å². The summed E-state index contributed by atoms with van der Waals surface area (Å²) in [5.74, 6) is 3.63. The van der Waals surface area contributed by atoms with Gasteiger partial charge in [-0.15, -0.1) is 0 Å². The first kappa shape index (κ1) is 24.6. The monoisotopic (exact) mass is 462 g/mol. The number of hydrogen-bond donors (Lipinski definition) is 0. The molecule has 34 heavy (non-hydrogen) atoms. The third-order valence-corrected chi connectivity index (χ3v) is 5.25. The van der Waals surface area contributed by atoms with E-state index in [2.05, 4.69) is 24.3 Å². The second kappa shape index (κ2) is 11.7. The summed E-state index contributed by atoms with van der Waals surface area (Å²) in [5.41, 5.74) is 4.03. The highest BCUT2D eigenvalue weighted by Crippen LogP contribution is 2.39. The van der Waals surface area contributed by atoms with E-state index >= 15 is 0 Å². The van der Waals surface area contributed by atoms with Crippen molar-refractivity contribution in [3.63, 3.8) is 0 Å². The highest BCUT2D eigenvalue weighted by Gasteiger charge is 2.13. The van der Waals surface area contributed by atoms with E-state index in [9.17, 15) is 0 Å². The van der Waals surface area contributed by atoms with Gasteiger partial charge in [-0.2, -0.15) is 0 Å². The number of ether oxygens (including phenoxy) is 6. The topological polar surface area (TPSA) is 55.4 Å². The summed E-state index contributed by atoms with van der Waals surface area (Å²) in [6.45, 7) is 0. The molecule has 0 fully saturated rings. The Hall–Kier alpha value is -4.06. The third kappa shape index (κ3) is 5.64. The summed E-state index contributed by atoms with van der Waals surface area (Å²) in [7, 11) is 9.61. The molecule has 0 radical (unpaired) electrons. The lowest BCUT2D eigenvalue weighted by Gasteiger charge is -2.12. The lowest BCUT2D eigenvalue weighted by Crippen LogP contribution is -1.95. The highest BCUT2D eigenvalue weighted by molar-refractivity contribution is 5.75. The molecule has 3 aromatic rings. The fraction of sp³-hybridized carbons (Fsp3) is 0.214. The van der Waals surface area contributed by atoms with Crippen molar-refractivity contribution in [1.82, 2.24) is 0 Å². The number of methoxy groups -OCH3 is 6. The van der Waals surface area contributed by atoms with Crippen LogP contribution in [0.1, 0.15) is 22.3 Å². The standard InChI is InChI=1S/C28H30O6/c1-29-23-15-21(16-24(30-2)27(23)33-5)13-11-19-7-9-20(10-8-19)12-14-22-17-25(31-3)28(34-6)26(18-22)32-4/h7-18H,1-6H3/b13-11+,14-12+. The smallest absolute Gasteiger partial charge is 0.203 e. The summed E-state index contributed by atoms with van der Waals surface area (Å²) in [6.07, 6.45) is 8.08. The SMILES string of the molecule is COc1cc(/C=C/c2ccc(/C=C/c3cc(OC)c(OC)c(OC)c3)cc2)cc(OC)c1OC. The molecule has 0 aromatic heterocycles. The molecular formula is C28H30O6. The largest absolute Gasteiger partial charge is 0.493 e. The fourth-order valence-corrected chi connectivity index (χ4v) is 3.50. The number of rotatable bonds is 10. The molecule has 0 aliphatic heterocycles. The molecule has 0 bridgehead atoms. The maximum absolute atomic E-state index is 5.42. The van der Waals surface area contributed by atoms with E-state index in [1.807, 2.05) is 48.6 Å². The molecule has 178 valence electrons. The first-order valence-corrected chi connectivity index (χ1v) is 10.6. The molecule has 0 heterocycles. The Morgan fingerprint density at radius 2 is 0.647 bits per heavy atom. The van der Waals surface area contributed by atoms with Crippen LogP contribution in [-0.2, 0) is 0 Å². The zero-order chi connectivity index (χ0) is 24.5. The van der Waals surface area contributed by atoms with Crippen molar-refractivity contribution in [2.75, 3.05) is 42.7 Å². The van der Waals surface area contributed by atoms with E-state index < -0.39 is 0 Å². The van der Waals surface area contributed by atoms with Gasteiger partial charge >= 0.3 is 0 Å². The molecule has 0 aliphatic rings. The minimum atomic E-state index is 0.574. The van der Waals surface area contributed by atoms with E-state index in [0.717, 1.165) is 22.3 Å². The predicted octanol–water partition coefficient (Wildman–Crippen LogP) is 6.08. The van der Waals surface area contributed by atoms with Gasteiger partial charge in [0, 0.05) is 0 Å². The molecule has 0 aliphatic carbocycles. The van der Waals surface area contributed by atoms with Crippen molar-refractivity contribution in [2.45, 2.75) is 0 Å². The zero-order valence-electron chi connectivity index (χ0n) is 20.4. The molecular weight excluding hydrogens is 432 g/mol. The molecule has 6 nitrogen and oxygen atoms in total. The van der Waals surface area contributed by atoms with Crippen molar-refractivity contribution in [1.29, 1.82) is 0 Å². The molecule has 0 saturated carbocycles. The summed E-state index contributed by atoms with van der Waals surface area (Å²) in [6, 6.07) is 15.9. The van der Waals surface area contributed by atoms with Crippen LogP contribution in [0.25, 0.3) is 24.3 Å². The number of benzene rings is 3. The average Bonchev–Trinajstić information content (AvgIpc) is 2.89. The van der Waals surface area contributed by atoms with Gasteiger partial charge in [0.1, 0.15) is 0 Å². The molecule has 0 amide bonds. The van der Waals surface area contributed by atoms with Crippen molar-refractivity contribution in [3.05, 3.63) is 70.8 Å². The normalized spacial score (nSPS) is 11.0. The van der Waals surface area contributed by atoms with E-state index in [1.165, 1.54) is 0 Å². The minimum Gasteiger partial charge on any atom is -0.493 e. The lowest BCUT2D eigenvalue weighted by molar-refractivity contribution is 0.324. The van der Waals surface area contributed by atoms with Crippen LogP contribution in [0.3, 0.4) is 0 Å². The molecule has 0 N–H and O–H groups in total. The first-order chi connectivity index (χ1) is 16.6. The van der Waals surface area contributed by atoms with Gasteiger partial charge in [-0.25, -0.2) is 0 Å². The Balaban J connectivity index is 1.77. The lowest BCUT2D eigenvalue weighted by atomic mass is 10.1. The molecule has 0 saturated heterocycles. The van der Waals surface area contributed by atoms with Gasteiger partial charge in [0.2, 0.25) is 11.5 Å². The van der Waals surface area contributed by atoms with Crippen LogP contribution in [0.15, 0.2) is 48.5 Å². The summed E-state index contributed by atoms with van der Waals surface area (Å²) in [4.78, 5) is 0. The molecule has 0 spiro atoms. The quantitative estimate of drug-likeness (QED) is 0.341. The second-order valence-electron chi connectivity index (χ2n) is 7.25. The first-order valence-electron chi connectivity index (χ1n) is 10.6. The zero-order valence-corrected chi connectivity index (χ0v) is 20.4. The van der Waals surface area contributed by atoms with Crippen LogP contribution >= 0.6 is 0 Å². The molecule has 3 aromatic carbocycles. The number of hydrogen-bond acceptors (Lipinski definition) is 6. The van der Waals surface area contributed by atoms with Crippen molar-refractivity contribution < 1.29 is 28.4 Å². The Kier molecular flexibility index (Phi) is 8.46. The van der Waals surface area contributed by atoms with Crippen LogP contribution in [0.4, 0.5) is 0 Å². The van der Waals surface area contributed by atoms with E-state index in [0.29, 0.717) is 34.5 Å². The minimum absolute atomic E-state index is 0.574. The van der Waals surface area contributed by atoms with E-state index in [-0.39, 0.29) is 0 Å². The molecule has 3 rings (SSSR count). The van der Waals surface area contributed by atoms with Gasteiger partial charge in [0.05, 0.1) is 42.7 Å². The van der Waals surface area contributed by atoms with Crippen molar-refractivity contribution in [3.8, 4) is 34.5 Å². The summed E-state index contributed by atoms with van der Waals surface area (Å²) < 4.78 is 32.5. The van der Waals surface area contributed by atoms with Gasteiger partial charge in [0.25, 0.3) is 0 Å². The Morgan fingerprint density at radius 1 is 0.382 bits per heavy atom.